The van der Waals surface area contributed by atoms with E-state index in [4.69, 9.17) is 5.11 Å². The third kappa shape index (κ3) is 3.12. The fourth-order valence-electron chi connectivity index (χ4n) is 1.41. The first-order valence-corrected chi connectivity index (χ1v) is 5.14. The van der Waals surface area contributed by atoms with Gasteiger partial charge in [-0.1, -0.05) is 6.92 Å². The lowest BCUT2D eigenvalue weighted by molar-refractivity contribution is 0.197. The minimum atomic E-state index is 0.218. The average Bonchev–Trinajstić information content (AvgIpc) is 2.65. The van der Waals surface area contributed by atoms with Gasteiger partial charge in [-0.2, -0.15) is 5.10 Å². The highest BCUT2D eigenvalue weighted by molar-refractivity contribution is 5.03. The van der Waals surface area contributed by atoms with Gasteiger partial charge >= 0.3 is 0 Å². The van der Waals surface area contributed by atoms with Gasteiger partial charge in [0.25, 0.3) is 0 Å². The zero-order valence-corrected chi connectivity index (χ0v) is 8.98. The fraction of sp³-hybridized carbons (Fsp3) is 0.700. The number of aromatic nitrogens is 2. The van der Waals surface area contributed by atoms with Crippen LogP contribution in [0, 0.1) is 0 Å². The number of nitrogens with zero attached hydrogens (tertiary/aromatic N) is 3. The molecule has 1 aromatic rings. The van der Waals surface area contributed by atoms with E-state index in [-0.39, 0.29) is 6.61 Å². The van der Waals surface area contributed by atoms with Gasteiger partial charge in [0, 0.05) is 31.4 Å². The molecule has 0 bridgehead atoms. The van der Waals surface area contributed by atoms with E-state index in [2.05, 4.69) is 30.0 Å². The summed E-state index contributed by atoms with van der Waals surface area (Å²) in [6.07, 6.45) is 3.95. The minimum absolute atomic E-state index is 0.218. The Morgan fingerprint density at radius 1 is 1.50 bits per heavy atom. The quantitative estimate of drug-likeness (QED) is 0.730. The summed E-state index contributed by atoms with van der Waals surface area (Å²) < 4.78 is 1.92. The molecule has 4 nitrogen and oxygen atoms in total. The van der Waals surface area contributed by atoms with Crippen molar-refractivity contribution >= 4 is 0 Å². The van der Waals surface area contributed by atoms with Crippen molar-refractivity contribution in [2.45, 2.75) is 26.9 Å². The van der Waals surface area contributed by atoms with Crippen molar-refractivity contribution < 1.29 is 5.11 Å². The summed E-state index contributed by atoms with van der Waals surface area (Å²) in [5.74, 6) is 0. The highest BCUT2D eigenvalue weighted by Crippen LogP contribution is 2.02. The number of likely N-dealkylation sites (N-methyl/N-ethyl adjacent to an activating group) is 1. The molecular weight excluding hydrogens is 178 g/mol. The van der Waals surface area contributed by atoms with E-state index in [1.165, 1.54) is 5.56 Å². The molecule has 0 fully saturated rings. The summed E-state index contributed by atoms with van der Waals surface area (Å²) in [6.45, 7) is 7.85. The molecular formula is C10H19N3O. The Balaban J connectivity index is 2.48. The van der Waals surface area contributed by atoms with Crippen LogP contribution in [0.15, 0.2) is 12.4 Å². The second kappa shape index (κ2) is 5.78. The molecule has 0 radical (unpaired) electrons. The van der Waals surface area contributed by atoms with E-state index < -0.39 is 0 Å². The molecule has 14 heavy (non-hydrogen) atoms. The van der Waals surface area contributed by atoms with Crippen molar-refractivity contribution in [3.8, 4) is 0 Å². The van der Waals surface area contributed by atoms with Crippen LogP contribution in [-0.2, 0) is 13.1 Å². The van der Waals surface area contributed by atoms with Crippen LogP contribution in [0.4, 0.5) is 0 Å². The predicted octanol–water partition coefficient (Wildman–Crippen LogP) is 0.717. The van der Waals surface area contributed by atoms with Gasteiger partial charge in [0.15, 0.2) is 0 Å². The standard InChI is InChI=1S/C10H19N3O/c1-3-12(5-6-14)8-10-7-11-13(4-2)9-10/h7,9,14H,3-6,8H2,1-2H3. The smallest absolute Gasteiger partial charge is 0.0558 e. The van der Waals surface area contributed by atoms with Crippen LogP contribution in [0.1, 0.15) is 19.4 Å². The molecule has 1 aromatic heterocycles. The minimum Gasteiger partial charge on any atom is -0.395 e. The summed E-state index contributed by atoms with van der Waals surface area (Å²) in [5, 5.41) is 13.0. The maximum atomic E-state index is 8.83. The molecule has 0 spiro atoms. The molecule has 0 aliphatic rings. The molecule has 0 saturated carbocycles. The van der Waals surface area contributed by atoms with Crippen LogP contribution in [0.25, 0.3) is 0 Å². The SMILES string of the molecule is CCN(CCO)Cc1cnn(CC)c1. The van der Waals surface area contributed by atoms with Gasteiger partial charge in [0.1, 0.15) is 0 Å². The molecule has 0 atom stereocenters. The number of aliphatic hydroxyl groups excluding tert-OH is 1. The van der Waals surface area contributed by atoms with Gasteiger partial charge < -0.3 is 5.11 Å². The van der Waals surface area contributed by atoms with Gasteiger partial charge in [-0.3, -0.25) is 9.58 Å². The second-order valence-electron chi connectivity index (χ2n) is 3.30. The van der Waals surface area contributed by atoms with E-state index >= 15 is 0 Å². The molecule has 0 aliphatic heterocycles. The molecule has 4 heteroatoms. The van der Waals surface area contributed by atoms with Crippen molar-refractivity contribution in [2.24, 2.45) is 0 Å². The zero-order chi connectivity index (χ0) is 10.4. The Bertz CT molecular complexity index is 260. The predicted molar refractivity (Wildman–Crippen MR) is 55.9 cm³/mol. The summed E-state index contributed by atoms with van der Waals surface area (Å²) in [7, 11) is 0. The largest absolute Gasteiger partial charge is 0.395 e. The maximum Gasteiger partial charge on any atom is 0.0558 e. The number of hydrogen-bond donors (Lipinski definition) is 1. The zero-order valence-electron chi connectivity index (χ0n) is 8.98. The Hall–Kier alpha value is -0.870. The van der Waals surface area contributed by atoms with Crippen molar-refractivity contribution in [1.82, 2.24) is 14.7 Å². The first kappa shape index (κ1) is 11.2. The third-order valence-electron chi connectivity index (χ3n) is 2.28. The van der Waals surface area contributed by atoms with Crippen molar-refractivity contribution in [3.63, 3.8) is 0 Å². The number of hydrogen-bond acceptors (Lipinski definition) is 3. The number of aryl methyl sites for hydroxylation is 1. The van der Waals surface area contributed by atoms with Crippen molar-refractivity contribution in [2.75, 3.05) is 19.7 Å². The number of aliphatic hydroxyl groups is 1. The van der Waals surface area contributed by atoms with Crippen LogP contribution in [0.3, 0.4) is 0 Å². The molecule has 0 saturated heterocycles. The van der Waals surface area contributed by atoms with Crippen LogP contribution in [0.5, 0.6) is 0 Å². The first-order chi connectivity index (χ1) is 6.80. The molecule has 1 N–H and O–H groups in total. The van der Waals surface area contributed by atoms with Crippen LogP contribution >= 0.6 is 0 Å². The van der Waals surface area contributed by atoms with Gasteiger partial charge in [-0.05, 0) is 13.5 Å². The first-order valence-electron chi connectivity index (χ1n) is 5.14. The van der Waals surface area contributed by atoms with Crippen LogP contribution in [-0.4, -0.2) is 39.5 Å². The number of rotatable bonds is 6. The Morgan fingerprint density at radius 2 is 2.29 bits per heavy atom. The van der Waals surface area contributed by atoms with Crippen molar-refractivity contribution in [3.05, 3.63) is 18.0 Å². The molecule has 0 aliphatic carbocycles. The van der Waals surface area contributed by atoms with Crippen LogP contribution < -0.4 is 0 Å². The van der Waals surface area contributed by atoms with Gasteiger partial charge in [0.2, 0.25) is 0 Å². The highest BCUT2D eigenvalue weighted by Gasteiger charge is 2.04. The lowest BCUT2D eigenvalue weighted by atomic mass is 10.3. The maximum absolute atomic E-state index is 8.83. The van der Waals surface area contributed by atoms with Gasteiger partial charge in [-0.15, -0.1) is 0 Å². The van der Waals surface area contributed by atoms with E-state index in [0.717, 1.165) is 26.2 Å². The van der Waals surface area contributed by atoms with E-state index in [1.807, 2.05) is 10.9 Å². The normalized spacial score (nSPS) is 11.1. The second-order valence-corrected chi connectivity index (χ2v) is 3.30. The third-order valence-corrected chi connectivity index (χ3v) is 2.28. The average molecular weight is 197 g/mol. The molecule has 1 rings (SSSR count). The van der Waals surface area contributed by atoms with Gasteiger partial charge in [-0.25, -0.2) is 0 Å². The Morgan fingerprint density at radius 3 is 2.79 bits per heavy atom. The molecule has 1 heterocycles. The van der Waals surface area contributed by atoms with Gasteiger partial charge in [0.05, 0.1) is 12.8 Å². The molecule has 0 aromatic carbocycles. The Kier molecular flexibility index (Phi) is 4.62. The van der Waals surface area contributed by atoms with E-state index in [0.29, 0.717) is 0 Å². The summed E-state index contributed by atoms with van der Waals surface area (Å²) in [4.78, 5) is 2.19. The lowest BCUT2D eigenvalue weighted by Crippen LogP contribution is -2.25. The lowest BCUT2D eigenvalue weighted by Gasteiger charge is -2.17. The van der Waals surface area contributed by atoms with Crippen molar-refractivity contribution in [1.29, 1.82) is 0 Å². The molecule has 80 valence electrons. The summed E-state index contributed by atoms with van der Waals surface area (Å²) in [6, 6.07) is 0. The molecule has 0 unspecified atom stereocenters. The van der Waals surface area contributed by atoms with E-state index in [1.54, 1.807) is 0 Å². The molecule has 0 amide bonds. The highest BCUT2D eigenvalue weighted by atomic mass is 16.3. The van der Waals surface area contributed by atoms with Crippen LogP contribution in [0.2, 0.25) is 0 Å². The topological polar surface area (TPSA) is 41.3 Å². The summed E-state index contributed by atoms with van der Waals surface area (Å²) >= 11 is 0. The van der Waals surface area contributed by atoms with E-state index in [9.17, 15) is 0 Å². The Labute approximate surface area is 85.1 Å². The fourth-order valence-corrected chi connectivity index (χ4v) is 1.41. The summed E-state index contributed by atoms with van der Waals surface area (Å²) in [5.41, 5.74) is 1.21. The monoisotopic (exact) mass is 197 g/mol.